The van der Waals surface area contributed by atoms with Crippen LogP contribution in [0.2, 0.25) is 0 Å². The molecule has 1 fully saturated rings. The van der Waals surface area contributed by atoms with E-state index >= 15 is 0 Å². The largest absolute Gasteiger partial charge is 0.389 e. The number of anilines is 1. The molecule has 1 aliphatic rings. The van der Waals surface area contributed by atoms with E-state index in [0.29, 0.717) is 11.3 Å². The molecule has 0 spiro atoms. The van der Waals surface area contributed by atoms with E-state index in [0.717, 1.165) is 4.90 Å². The van der Waals surface area contributed by atoms with Gasteiger partial charge >= 0.3 is 0 Å². The number of nitrogens with one attached hydrogen (secondary N) is 1. The number of para-hydroxylation sites is 1. The number of carbonyl (C=O) groups excluding carboxylic acids is 3. The lowest BCUT2D eigenvalue weighted by molar-refractivity contribution is -0.142. The third-order valence-corrected chi connectivity index (χ3v) is 3.46. The van der Waals surface area contributed by atoms with Crippen LogP contribution in [0, 0.1) is 5.92 Å². The van der Waals surface area contributed by atoms with Gasteiger partial charge in [0.2, 0.25) is 17.7 Å². The van der Waals surface area contributed by atoms with E-state index < -0.39 is 5.91 Å². The molecular formula is C14H15N3O3S. The van der Waals surface area contributed by atoms with E-state index in [2.05, 4.69) is 5.32 Å². The SMILES string of the molecule is CC1CC(=O)N(CC(=O)Nc2ccccc2C(N)=S)C1=O. The number of amides is 3. The van der Waals surface area contributed by atoms with Crippen molar-refractivity contribution in [2.75, 3.05) is 11.9 Å². The van der Waals surface area contributed by atoms with E-state index in [4.69, 9.17) is 18.0 Å². The van der Waals surface area contributed by atoms with Gasteiger partial charge in [0.15, 0.2) is 0 Å². The fraction of sp³-hybridized carbons (Fsp3) is 0.286. The van der Waals surface area contributed by atoms with E-state index in [1.54, 1.807) is 31.2 Å². The smallest absolute Gasteiger partial charge is 0.244 e. The first-order valence-corrected chi connectivity index (χ1v) is 6.84. The Balaban J connectivity index is 2.08. The zero-order valence-electron chi connectivity index (χ0n) is 11.5. The van der Waals surface area contributed by atoms with Gasteiger partial charge in [0.1, 0.15) is 11.5 Å². The molecule has 6 nitrogen and oxygen atoms in total. The Kier molecular flexibility index (Phi) is 4.32. The Bertz CT molecular complexity index is 630. The van der Waals surface area contributed by atoms with Crippen LogP contribution in [0.5, 0.6) is 0 Å². The van der Waals surface area contributed by atoms with Gasteiger partial charge in [-0.1, -0.05) is 31.3 Å². The van der Waals surface area contributed by atoms with Crippen LogP contribution in [0.25, 0.3) is 0 Å². The summed E-state index contributed by atoms with van der Waals surface area (Å²) in [4.78, 5) is 36.5. The van der Waals surface area contributed by atoms with Gasteiger partial charge in [-0.15, -0.1) is 0 Å². The van der Waals surface area contributed by atoms with Crippen LogP contribution in [0.15, 0.2) is 24.3 Å². The summed E-state index contributed by atoms with van der Waals surface area (Å²) in [6, 6.07) is 6.82. The van der Waals surface area contributed by atoms with Crippen LogP contribution in [0.3, 0.4) is 0 Å². The average molecular weight is 305 g/mol. The zero-order valence-corrected chi connectivity index (χ0v) is 12.3. The van der Waals surface area contributed by atoms with Crippen molar-refractivity contribution in [3.8, 4) is 0 Å². The molecule has 110 valence electrons. The number of likely N-dealkylation sites (tertiary alicyclic amines) is 1. The summed E-state index contributed by atoms with van der Waals surface area (Å²) in [6.07, 6.45) is 0.148. The second kappa shape index (κ2) is 6.01. The van der Waals surface area contributed by atoms with Gasteiger partial charge in [0.25, 0.3) is 0 Å². The average Bonchev–Trinajstić information content (AvgIpc) is 2.66. The summed E-state index contributed by atoms with van der Waals surface area (Å²) in [7, 11) is 0. The Labute approximate surface area is 127 Å². The van der Waals surface area contributed by atoms with Gasteiger partial charge in [-0.2, -0.15) is 0 Å². The molecule has 0 aromatic heterocycles. The summed E-state index contributed by atoms with van der Waals surface area (Å²) < 4.78 is 0. The molecule has 0 radical (unpaired) electrons. The van der Waals surface area contributed by atoms with Crippen LogP contribution < -0.4 is 11.1 Å². The topological polar surface area (TPSA) is 92.5 Å². The quantitative estimate of drug-likeness (QED) is 0.629. The first kappa shape index (κ1) is 15.1. The van der Waals surface area contributed by atoms with Crippen LogP contribution >= 0.6 is 12.2 Å². The lowest BCUT2D eigenvalue weighted by atomic mass is 10.1. The highest BCUT2D eigenvalue weighted by Crippen LogP contribution is 2.19. The normalized spacial score (nSPS) is 18.0. The first-order chi connectivity index (χ1) is 9.90. The maximum atomic E-state index is 12.0. The minimum absolute atomic E-state index is 0.148. The predicted molar refractivity (Wildman–Crippen MR) is 81.5 cm³/mol. The summed E-state index contributed by atoms with van der Waals surface area (Å²) in [5.74, 6) is -1.48. The molecular weight excluding hydrogens is 290 g/mol. The van der Waals surface area contributed by atoms with Crippen molar-refractivity contribution in [1.29, 1.82) is 0 Å². The molecule has 3 N–H and O–H groups in total. The zero-order chi connectivity index (χ0) is 15.6. The fourth-order valence-corrected chi connectivity index (χ4v) is 2.33. The molecule has 3 amide bonds. The van der Waals surface area contributed by atoms with E-state index in [-0.39, 0.29) is 35.7 Å². The molecule has 1 heterocycles. The number of benzene rings is 1. The standard InChI is InChI=1S/C14H15N3O3S/c1-8-6-12(19)17(14(8)20)7-11(18)16-10-5-3-2-4-9(10)13(15)21/h2-5,8H,6-7H2,1H3,(H2,15,21)(H,16,18). The van der Waals surface area contributed by atoms with Gasteiger partial charge in [-0.05, 0) is 12.1 Å². The second-order valence-corrected chi connectivity index (χ2v) is 5.32. The number of rotatable bonds is 4. The van der Waals surface area contributed by atoms with Gasteiger partial charge in [-0.25, -0.2) is 0 Å². The second-order valence-electron chi connectivity index (χ2n) is 4.88. The molecule has 1 atom stereocenters. The number of thiocarbonyl (C=S) groups is 1. The maximum Gasteiger partial charge on any atom is 0.244 e. The Morgan fingerprint density at radius 2 is 2.10 bits per heavy atom. The molecule has 0 saturated carbocycles. The first-order valence-electron chi connectivity index (χ1n) is 6.43. The van der Waals surface area contributed by atoms with Crippen molar-refractivity contribution in [1.82, 2.24) is 4.90 Å². The summed E-state index contributed by atoms with van der Waals surface area (Å²) in [6.45, 7) is 1.37. The molecule has 21 heavy (non-hydrogen) atoms. The Morgan fingerprint density at radius 3 is 2.67 bits per heavy atom. The van der Waals surface area contributed by atoms with Crippen LogP contribution in [0.4, 0.5) is 5.69 Å². The maximum absolute atomic E-state index is 12.0. The van der Waals surface area contributed by atoms with Crippen molar-refractivity contribution >= 4 is 40.6 Å². The molecule has 1 aromatic carbocycles. The van der Waals surface area contributed by atoms with Crippen LogP contribution in [-0.2, 0) is 14.4 Å². The number of nitrogens with zero attached hydrogens (tertiary/aromatic N) is 1. The minimum atomic E-state index is -0.463. The fourth-order valence-electron chi connectivity index (χ4n) is 2.15. The van der Waals surface area contributed by atoms with Crippen molar-refractivity contribution in [2.45, 2.75) is 13.3 Å². The molecule has 0 bridgehead atoms. The molecule has 0 aliphatic carbocycles. The number of carbonyl (C=O) groups is 3. The van der Waals surface area contributed by atoms with Gasteiger partial charge < -0.3 is 11.1 Å². The monoisotopic (exact) mass is 305 g/mol. The van der Waals surface area contributed by atoms with E-state index in [9.17, 15) is 14.4 Å². The number of hydrogen-bond acceptors (Lipinski definition) is 4. The summed E-state index contributed by atoms with van der Waals surface area (Å²) in [5.41, 5.74) is 6.57. The van der Waals surface area contributed by atoms with Crippen LogP contribution in [0.1, 0.15) is 18.9 Å². The van der Waals surface area contributed by atoms with E-state index in [1.165, 1.54) is 0 Å². The number of nitrogens with two attached hydrogens (primary N) is 1. The van der Waals surface area contributed by atoms with Crippen molar-refractivity contribution < 1.29 is 14.4 Å². The molecule has 1 unspecified atom stereocenters. The minimum Gasteiger partial charge on any atom is -0.389 e. The Hall–Kier alpha value is -2.28. The third-order valence-electron chi connectivity index (χ3n) is 3.24. The highest BCUT2D eigenvalue weighted by Gasteiger charge is 2.36. The highest BCUT2D eigenvalue weighted by atomic mass is 32.1. The Morgan fingerprint density at radius 1 is 1.43 bits per heavy atom. The summed E-state index contributed by atoms with van der Waals surface area (Å²) in [5, 5.41) is 2.62. The lowest BCUT2D eigenvalue weighted by Gasteiger charge is -2.15. The highest BCUT2D eigenvalue weighted by molar-refractivity contribution is 7.80. The van der Waals surface area contributed by atoms with Gasteiger partial charge in [0, 0.05) is 17.9 Å². The number of hydrogen-bond donors (Lipinski definition) is 2. The summed E-state index contributed by atoms with van der Waals surface area (Å²) >= 11 is 4.91. The molecule has 1 aliphatic heterocycles. The van der Waals surface area contributed by atoms with E-state index in [1.807, 2.05) is 0 Å². The molecule has 7 heteroatoms. The lowest BCUT2D eigenvalue weighted by Crippen LogP contribution is -2.37. The predicted octanol–water partition coefficient (Wildman–Crippen LogP) is 0.654. The van der Waals surface area contributed by atoms with Crippen LogP contribution in [-0.4, -0.2) is 34.2 Å². The number of imide groups is 1. The molecule has 1 saturated heterocycles. The molecule has 1 aromatic rings. The van der Waals surface area contributed by atoms with Gasteiger partial charge in [-0.3, -0.25) is 19.3 Å². The van der Waals surface area contributed by atoms with Crippen molar-refractivity contribution in [3.05, 3.63) is 29.8 Å². The molecule has 2 rings (SSSR count). The van der Waals surface area contributed by atoms with Crippen molar-refractivity contribution in [2.24, 2.45) is 11.7 Å². The van der Waals surface area contributed by atoms with Gasteiger partial charge in [0.05, 0.1) is 5.69 Å². The third kappa shape index (κ3) is 3.25. The van der Waals surface area contributed by atoms with Crippen molar-refractivity contribution in [3.63, 3.8) is 0 Å².